The molecule has 0 aliphatic rings. The van der Waals surface area contributed by atoms with Crippen molar-refractivity contribution in [3.05, 3.63) is 66.4 Å². The summed E-state index contributed by atoms with van der Waals surface area (Å²) in [7, 11) is -3.56. The molecule has 0 saturated carbocycles. The summed E-state index contributed by atoms with van der Waals surface area (Å²) in [5, 5.41) is 8.94. The van der Waals surface area contributed by atoms with Gasteiger partial charge in [0.1, 0.15) is 0 Å². The van der Waals surface area contributed by atoms with Gasteiger partial charge in [0.25, 0.3) is 5.91 Å². The van der Waals surface area contributed by atoms with E-state index in [1.807, 2.05) is 18.2 Å². The van der Waals surface area contributed by atoms with Gasteiger partial charge in [0.05, 0.1) is 21.4 Å². The number of sulfone groups is 1. The number of nitrogens with one attached hydrogen (secondary N) is 2. The van der Waals surface area contributed by atoms with Crippen molar-refractivity contribution in [2.45, 2.75) is 24.0 Å². The molecule has 0 bridgehead atoms. The van der Waals surface area contributed by atoms with Crippen molar-refractivity contribution in [2.24, 2.45) is 0 Å². The van der Waals surface area contributed by atoms with E-state index in [1.165, 1.54) is 12.1 Å². The molecule has 0 aliphatic heterocycles. The summed E-state index contributed by atoms with van der Waals surface area (Å²) in [6.07, 6.45) is 1.65. The third-order valence-corrected chi connectivity index (χ3v) is 6.20. The van der Waals surface area contributed by atoms with Gasteiger partial charge in [-0.25, -0.2) is 8.42 Å². The molecule has 6 nitrogen and oxygen atoms in total. The normalized spacial score (nSPS) is 11.5. The summed E-state index contributed by atoms with van der Waals surface area (Å²) in [6, 6.07) is 15.3. The number of carbonyl (C=O) groups excluding carboxylic acids is 1. The van der Waals surface area contributed by atoms with Crippen molar-refractivity contribution in [1.29, 1.82) is 0 Å². The Morgan fingerprint density at radius 1 is 1.08 bits per heavy atom. The van der Waals surface area contributed by atoms with Crippen molar-refractivity contribution in [2.75, 3.05) is 5.32 Å². The monoisotopic (exact) mass is 369 g/mol. The third-order valence-electron chi connectivity index (χ3n) is 3.99. The van der Waals surface area contributed by atoms with Crippen LogP contribution in [0.2, 0.25) is 0 Å². The lowest BCUT2D eigenvalue weighted by atomic mass is 10.1. The Balaban J connectivity index is 1.92. The lowest BCUT2D eigenvalue weighted by molar-refractivity contribution is 0.102. The molecular formula is C19H19N3O3S. The number of anilines is 1. The largest absolute Gasteiger partial charge is 0.322 e. The van der Waals surface area contributed by atoms with E-state index in [-0.39, 0.29) is 10.5 Å². The number of hydrogen-bond donors (Lipinski definition) is 2. The van der Waals surface area contributed by atoms with E-state index in [9.17, 15) is 13.2 Å². The summed E-state index contributed by atoms with van der Waals surface area (Å²) in [6.45, 7) is 3.19. The fourth-order valence-electron chi connectivity index (χ4n) is 2.54. The maximum Gasteiger partial charge on any atom is 0.256 e. The van der Waals surface area contributed by atoms with Crippen molar-refractivity contribution < 1.29 is 13.2 Å². The summed E-state index contributed by atoms with van der Waals surface area (Å²) in [4.78, 5) is 12.7. The van der Waals surface area contributed by atoms with Gasteiger partial charge in [-0.3, -0.25) is 9.89 Å². The Bertz CT molecular complexity index is 1030. The maximum atomic E-state index is 12.7. The van der Waals surface area contributed by atoms with Crippen LogP contribution < -0.4 is 5.32 Å². The minimum atomic E-state index is -3.56. The standard InChI is InChI=1S/C19H19N3O3S/c1-13(2)26(24,25)18-9-4-3-8-16(18)19(23)21-15-7-5-6-14(12-15)17-10-11-20-22-17/h3-13H,1-2H3,(H,20,22)(H,21,23). The number of carbonyl (C=O) groups is 1. The Hall–Kier alpha value is -2.93. The first-order valence-corrected chi connectivity index (χ1v) is 9.68. The molecule has 0 aliphatic carbocycles. The van der Waals surface area contributed by atoms with Crippen LogP contribution in [-0.4, -0.2) is 29.8 Å². The molecule has 3 rings (SSSR count). The summed E-state index contributed by atoms with van der Waals surface area (Å²) in [5.74, 6) is -0.466. The van der Waals surface area contributed by atoms with Crippen LogP contribution in [0.15, 0.2) is 65.7 Å². The lowest BCUT2D eigenvalue weighted by Crippen LogP contribution is -2.20. The molecule has 3 aromatic rings. The van der Waals surface area contributed by atoms with Gasteiger partial charge >= 0.3 is 0 Å². The van der Waals surface area contributed by atoms with Crippen LogP contribution in [0.4, 0.5) is 5.69 Å². The highest BCUT2D eigenvalue weighted by Gasteiger charge is 2.25. The third kappa shape index (κ3) is 3.52. The Labute approximate surface area is 152 Å². The predicted molar refractivity (Wildman–Crippen MR) is 101 cm³/mol. The molecule has 0 fully saturated rings. The number of aromatic nitrogens is 2. The SMILES string of the molecule is CC(C)S(=O)(=O)c1ccccc1C(=O)Nc1cccc(-c2ccn[nH]2)c1. The number of benzene rings is 2. The second kappa shape index (κ2) is 7.13. The summed E-state index contributed by atoms with van der Waals surface area (Å²) >= 11 is 0. The number of amides is 1. The predicted octanol–water partition coefficient (Wildman–Crippen LogP) is 3.51. The van der Waals surface area contributed by atoms with Gasteiger partial charge in [0.2, 0.25) is 0 Å². The highest BCUT2D eigenvalue weighted by atomic mass is 32.2. The molecule has 134 valence electrons. The Kier molecular flexibility index (Phi) is 4.90. The summed E-state index contributed by atoms with van der Waals surface area (Å²) < 4.78 is 25.1. The van der Waals surface area contributed by atoms with E-state index in [1.54, 1.807) is 44.3 Å². The van der Waals surface area contributed by atoms with E-state index in [2.05, 4.69) is 15.5 Å². The number of nitrogens with zero attached hydrogens (tertiary/aromatic N) is 1. The number of hydrogen-bond acceptors (Lipinski definition) is 4. The van der Waals surface area contributed by atoms with Gasteiger partial charge in [0.15, 0.2) is 9.84 Å². The van der Waals surface area contributed by atoms with Gasteiger partial charge in [-0.2, -0.15) is 5.10 Å². The molecule has 1 amide bonds. The van der Waals surface area contributed by atoms with Crippen LogP contribution in [0.1, 0.15) is 24.2 Å². The van der Waals surface area contributed by atoms with Gasteiger partial charge in [0, 0.05) is 17.4 Å². The van der Waals surface area contributed by atoms with Crippen molar-refractivity contribution in [3.63, 3.8) is 0 Å². The van der Waals surface area contributed by atoms with Crippen LogP contribution in [0.3, 0.4) is 0 Å². The smallest absolute Gasteiger partial charge is 0.256 e. The Morgan fingerprint density at radius 2 is 1.85 bits per heavy atom. The van der Waals surface area contributed by atoms with E-state index in [0.717, 1.165) is 11.3 Å². The fourth-order valence-corrected chi connectivity index (χ4v) is 3.78. The van der Waals surface area contributed by atoms with Gasteiger partial charge in [-0.15, -0.1) is 0 Å². The summed E-state index contributed by atoms with van der Waals surface area (Å²) in [5.41, 5.74) is 2.39. The zero-order valence-electron chi connectivity index (χ0n) is 14.4. The van der Waals surface area contributed by atoms with Crippen LogP contribution >= 0.6 is 0 Å². The van der Waals surface area contributed by atoms with Gasteiger partial charge < -0.3 is 5.32 Å². The fraction of sp³-hybridized carbons (Fsp3) is 0.158. The first-order valence-electron chi connectivity index (χ1n) is 8.13. The minimum Gasteiger partial charge on any atom is -0.322 e. The van der Waals surface area contributed by atoms with E-state index < -0.39 is 21.0 Å². The molecule has 0 unspecified atom stereocenters. The molecular weight excluding hydrogens is 350 g/mol. The molecule has 26 heavy (non-hydrogen) atoms. The number of H-pyrrole nitrogens is 1. The minimum absolute atomic E-state index is 0.0391. The van der Waals surface area contributed by atoms with E-state index >= 15 is 0 Å². The number of rotatable bonds is 5. The molecule has 2 aromatic carbocycles. The highest BCUT2D eigenvalue weighted by Crippen LogP contribution is 2.24. The second-order valence-electron chi connectivity index (χ2n) is 6.10. The number of aromatic amines is 1. The van der Waals surface area contributed by atoms with Crippen molar-refractivity contribution in [1.82, 2.24) is 10.2 Å². The molecule has 1 aromatic heterocycles. The van der Waals surface area contributed by atoms with Gasteiger partial charge in [-0.1, -0.05) is 24.3 Å². The van der Waals surface area contributed by atoms with E-state index in [0.29, 0.717) is 5.69 Å². The van der Waals surface area contributed by atoms with Crippen LogP contribution in [0.25, 0.3) is 11.3 Å². The first kappa shape index (κ1) is 17.9. The van der Waals surface area contributed by atoms with Crippen molar-refractivity contribution in [3.8, 4) is 11.3 Å². The molecule has 0 spiro atoms. The lowest BCUT2D eigenvalue weighted by Gasteiger charge is -2.13. The van der Waals surface area contributed by atoms with Gasteiger partial charge in [-0.05, 0) is 44.2 Å². The maximum absolute atomic E-state index is 12.7. The zero-order chi connectivity index (χ0) is 18.7. The zero-order valence-corrected chi connectivity index (χ0v) is 15.2. The molecule has 0 saturated heterocycles. The topological polar surface area (TPSA) is 91.9 Å². The molecule has 0 radical (unpaired) electrons. The quantitative estimate of drug-likeness (QED) is 0.720. The molecule has 0 atom stereocenters. The Morgan fingerprint density at radius 3 is 2.54 bits per heavy atom. The highest BCUT2D eigenvalue weighted by molar-refractivity contribution is 7.92. The molecule has 2 N–H and O–H groups in total. The first-order chi connectivity index (χ1) is 12.4. The molecule has 1 heterocycles. The average molecular weight is 369 g/mol. The van der Waals surface area contributed by atoms with Crippen LogP contribution in [0.5, 0.6) is 0 Å². The van der Waals surface area contributed by atoms with Crippen LogP contribution in [0, 0.1) is 0 Å². The van der Waals surface area contributed by atoms with E-state index in [4.69, 9.17) is 0 Å². The second-order valence-corrected chi connectivity index (χ2v) is 8.57. The van der Waals surface area contributed by atoms with Crippen molar-refractivity contribution >= 4 is 21.4 Å². The van der Waals surface area contributed by atoms with Crippen LogP contribution in [-0.2, 0) is 9.84 Å². The average Bonchev–Trinajstić information content (AvgIpc) is 3.16. The molecule has 7 heteroatoms.